The summed E-state index contributed by atoms with van der Waals surface area (Å²) in [4.78, 5) is 14.7. The number of thioether (sulfide) groups is 1. The number of nitrogens with zero attached hydrogens (tertiary/aromatic N) is 2. The Hall–Kier alpha value is -2.25. The predicted molar refractivity (Wildman–Crippen MR) is 73.3 cm³/mol. The molecule has 1 heterocycles. The summed E-state index contributed by atoms with van der Waals surface area (Å²) < 4.78 is 0. The molecule has 1 fully saturated rings. The molecular weight excluding hydrogens is 274 g/mol. The second kappa shape index (κ2) is 5.81. The van der Waals surface area contributed by atoms with Gasteiger partial charge in [-0.05, 0) is 25.8 Å². The first-order chi connectivity index (χ1) is 9.55. The highest BCUT2D eigenvalue weighted by atomic mass is 32.2. The number of carbonyl (C=O) groups is 1. The highest BCUT2D eigenvalue weighted by Crippen LogP contribution is 2.26. The Morgan fingerprint density at radius 2 is 2.15 bits per heavy atom. The van der Waals surface area contributed by atoms with Crippen molar-refractivity contribution in [1.29, 1.82) is 10.5 Å². The van der Waals surface area contributed by atoms with Gasteiger partial charge in [-0.3, -0.25) is 10.5 Å². The molecular formula is C13H14N5OS+. The zero-order valence-corrected chi connectivity index (χ0v) is 11.8. The number of H-pyrrole nitrogens is 1. The third-order valence-electron chi connectivity index (χ3n) is 2.90. The van der Waals surface area contributed by atoms with Crippen LogP contribution in [0.4, 0.5) is 5.82 Å². The van der Waals surface area contributed by atoms with Gasteiger partial charge in [0.1, 0.15) is 23.3 Å². The molecule has 0 aromatic carbocycles. The maximum absolute atomic E-state index is 11.9. The van der Waals surface area contributed by atoms with Gasteiger partial charge in [0.15, 0.2) is 5.03 Å². The van der Waals surface area contributed by atoms with Crippen LogP contribution in [0.3, 0.4) is 0 Å². The molecule has 1 aromatic rings. The van der Waals surface area contributed by atoms with Crippen molar-refractivity contribution in [2.45, 2.75) is 36.1 Å². The van der Waals surface area contributed by atoms with Gasteiger partial charge in [0, 0.05) is 6.04 Å². The predicted octanol–water partition coefficient (Wildman–Crippen LogP) is 0.585. The molecule has 0 saturated heterocycles. The Morgan fingerprint density at radius 1 is 1.50 bits per heavy atom. The van der Waals surface area contributed by atoms with E-state index in [1.54, 1.807) is 6.92 Å². The summed E-state index contributed by atoms with van der Waals surface area (Å²) in [6, 6.07) is 5.65. The number of nitrogen functional groups attached to an aromatic ring is 1. The van der Waals surface area contributed by atoms with Crippen LogP contribution >= 0.6 is 11.8 Å². The maximum atomic E-state index is 11.9. The second-order valence-corrected chi connectivity index (χ2v) is 5.96. The lowest BCUT2D eigenvalue weighted by Crippen LogP contribution is -2.33. The molecule has 1 aliphatic carbocycles. The minimum atomic E-state index is -0.341. The highest BCUT2D eigenvalue weighted by molar-refractivity contribution is 8.00. The summed E-state index contributed by atoms with van der Waals surface area (Å²) in [6.07, 6.45) is 2.06. The van der Waals surface area contributed by atoms with Gasteiger partial charge in [-0.2, -0.15) is 10.5 Å². The molecule has 20 heavy (non-hydrogen) atoms. The SMILES string of the molecule is C[C@H](Sc1[nH+]c(N)c(C#N)cc1C#N)C(=O)NC1CC1. The first kappa shape index (κ1) is 14.2. The molecule has 0 unspecified atom stereocenters. The smallest absolute Gasteiger partial charge is 0.289 e. The van der Waals surface area contributed by atoms with Crippen LogP contribution in [0.25, 0.3) is 0 Å². The highest BCUT2D eigenvalue weighted by Gasteiger charge is 2.27. The van der Waals surface area contributed by atoms with Crippen LogP contribution in [0.15, 0.2) is 11.1 Å². The number of anilines is 1. The van der Waals surface area contributed by atoms with Crippen molar-refractivity contribution in [2.24, 2.45) is 0 Å². The molecule has 1 atom stereocenters. The van der Waals surface area contributed by atoms with Crippen molar-refractivity contribution >= 4 is 23.5 Å². The number of hydrogen-bond acceptors (Lipinski definition) is 5. The summed E-state index contributed by atoms with van der Waals surface area (Å²) in [7, 11) is 0. The van der Waals surface area contributed by atoms with Crippen LogP contribution in [0.2, 0.25) is 0 Å². The lowest BCUT2D eigenvalue weighted by atomic mass is 10.2. The van der Waals surface area contributed by atoms with E-state index in [1.807, 2.05) is 12.1 Å². The normalized spacial score (nSPS) is 14.9. The first-order valence-corrected chi connectivity index (χ1v) is 7.06. The summed E-state index contributed by atoms with van der Waals surface area (Å²) in [6.45, 7) is 1.77. The number of aromatic amines is 1. The van der Waals surface area contributed by atoms with Gasteiger partial charge in [0.2, 0.25) is 5.91 Å². The van der Waals surface area contributed by atoms with Crippen LogP contribution in [0.5, 0.6) is 0 Å². The van der Waals surface area contributed by atoms with Crippen molar-refractivity contribution in [3.05, 3.63) is 17.2 Å². The molecule has 0 radical (unpaired) electrons. The van der Waals surface area contributed by atoms with Crippen molar-refractivity contribution in [1.82, 2.24) is 5.32 Å². The number of aromatic nitrogens is 1. The van der Waals surface area contributed by atoms with E-state index in [0.29, 0.717) is 16.6 Å². The van der Waals surface area contributed by atoms with E-state index in [4.69, 9.17) is 16.3 Å². The van der Waals surface area contributed by atoms with E-state index in [2.05, 4.69) is 10.3 Å². The summed E-state index contributed by atoms with van der Waals surface area (Å²) in [5, 5.41) is 21.0. The second-order valence-electron chi connectivity index (χ2n) is 4.61. The number of nitriles is 2. The van der Waals surface area contributed by atoms with Gasteiger partial charge < -0.3 is 5.32 Å². The van der Waals surface area contributed by atoms with E-state index in [1.165, 1.54) is 17.8 Å². The molecule has 1 aromatic heterocycles. The molecule has 6 nitrogen and oxygen atoms in total. The van der Waals surface area contributed by atoms with Gasteiger partial charge in [0.25, 0.3) is 5.82 Å². The van der Waals surface area contributed by atoms with E-state index in [-0.39, 0.29) is 22.5 Å². The van der Waals surface area contributed by atoms with E-state index in [0.717, 1.165) is 12.8 Å². The Bertz CT molecular complexity index is 627. The van der Waals surface area contributed by atoms with Gasteiger partial charge >= 0.3 is 0 Å². The average Bonchev–Trinajstić information content (AvgIpc) is 3.23. The standard InChI is InChI=1S/C13H13N5OS/c1-7(12(19)17-10-2-3-10)20-13-9(6-15)4-8(5-14)11(16)18-13/h4,7,10H,2-3H2,1H3,(H2,16,18)(H,17,19)/p+1/t7-/m0/s1. The third-order valence-corrected chi connectivity index (χ3v) is 4.03. The quantitative estimate of drug-likeness (QED) is 0.786. The van der Waals surface area contributed by atoms with E-state index < -0.39 is 0 Å². The minimum absolute atomic E-state index is 0.0577. The van der Waals surface area contributed by atoms with Gasteiger partial charge in [-0.15, -0.1) is 0 Å². The average molecular weight is 288 g/mol. The van der Waals surface area contributed by atoms with Crippen LogP contribution in [-0.2, 0) is 4.79 Å². The van der Waals surface area contributed by atoms with Crippen molar-refractivity contribution in [3.63, 3.8) is 0 Å². The molecule has 4 N–H and O–H groups in total. The largest absolute Gasteiger partial charge is 0.352 e. The zero-order valence-electron chi connectivity index (χ0n) is 10.9. The Kier molecular flexibility index (Phi) is 4.11. The zero-order chi connectivity index (χ0) is 14.7. The van der Waals surface area contributed by atoms with E-state index >= 15 is 0 Å². The van der Waals surface area contributed by atoms with Crippen LogP contribution in [-0.4, -0.2) is 17.2 Å². The van der Waals surface area contributed by atoms with Crippen LogP contribution in [0.1, 0.15) is 30.9 Å². The minimum Gasteiger partial charge on any atom is -0.352 e. The molecule has 0 spiro atoms. The monoisotopic (exact) mass is 288 g/mol. The topological polar surface area (TPSA) is 117 Å². The van der Waals surface area contributed by atoms with Crippen molar-refractivity contribution in [2.75, 3.05) is 5.73 Å². The van der Waals surface area contributed by atoms with Gasteiger partial charge in [-0.1, -0.05) is 11.8 Å². The lowest BCUT2D eigenvalue weighted by Gasteiger charge is -2.10. The van der Waals surface area contributed by atoms with Crippen molar-refractivity contribution < 1.29 is 9.78 Å². The first-order valence-electron chi connectivity index (χ1n) is 6.18. The summed E-state index contributed by atoms with van der Waals surface area (Å²) in [5.41, 5.74) is 6.23. The van der Waals surface area contributed by atoms with Crippen LogP contribution in [0, 0.1) is 22.7 Å². The number of pyridine rings is 1. The molecule has 1 aliphatic rings. The van der Waals surface area contributed by atoms with Gasteiger partial charge in [-0.25, -0.2) is 4.98 Å². The fourth-order valence-electron chi connectivity index (χ4n) is 1.59. The van der Waals surface area contributed by atoms with Crippen LogP contribution < -0.4 is 16.0 Å². The maximum Gasteiger partial charge on any atom is 0.289 e. The third kappa shape index (κ3) is 3.19. The molecule has 0 aliphatic heterocycles. The number of nitrogens with two attached hydrogens (primary N) is 1. The fourth-order valence-corrected chi connectivity index (χ4v) is 2.52. The molecule has 0 bridgehead atoms. The number of rotatable bonds is 4. The molecule has 1 saturated carbocycles. The fraction of sp³-hybridized carbons (Fsp3) is 0.385. The Morgan fingerprint density at radius 3 is 2.70 bits per heavy atom. The molecule has 102 valence electrons. The number of amides is 1. The summed E-state index contributed by atoms with van der Waals surface area (Å²) >= 11 is 1.23. The Balaban J connectivity index is 2.15. The molecule has 2 rings (SSSR count). The number of hydrogen-bond donors (Lipinski definition) is 2. The molecule has 7 heteroatoms. The number of nitrogens with one attached hydrogen (secondary N) is 2. The number of carbonyl (C=O) groups excluding carboxylic acids is 1. The lowest BCUT2D eigenvalue weighted by molar-refractivity contribution is -0.410. The molecule has 1 amide bonds. The Labute approximate surface area is 121 Å². The van der Waals surface area contributed by atoms with Crippen molar-refractivity contribution in [3.8, 4) is 12.1 Å². The van der Waals surface area contributed by atoms with Gasteiger partial charge in [0.05, 0.1) is 5.25 Å². The van der Waals surface area contributed by atoms with E-state index in [9.17, 15) is 4.79 Å². The summed E-state index contributed by atoms with van der Waals surface area (Å²) in [5.74, 6) is 0.140.